The van der Waals surface area contributed by atoms with E-state index in [4.69, 9.17) is 0 Å². The van der Waals surface area contributed by atoms with Gasteiger partial charge in [0.15, 0.2) is 0 Å². The van der Waals surface area contributed by atoms with Crippen LogP contribution in [0.5, 0.6) is 0 Å². The molecular formula is C26H18F3N3O5S2. The Balaban J connectivity index is 1.31. The van der Waals surface area contributed by atoms with Crippen molar-refractivity contribution < 1.29 is 27.7 Å². The SMILES string of the molecule is O=C1[C@@H]2[C@H]3C[C@@H]([C@@H]2C(=O)N1c1cccc(C(F)(F)F)c1)[C@@H]1[C@H](c2cccc([N+](=O)[O-])c2)c2sc(=O)[nH]c2S[C@@H]31. The third-order valence-corrected chi connectivity index (χ3v) is 11.2. The number of imide groups is 1. The Morgan fingerprint density at radius 3 is 2.44 bits per heavy atom. The normalized spacial score (nSPS) is 30.8. The second kappa shape index (κ2) is 8.28. The number of non-ortho nitro benzene ring substituents is 1. The summed E-state index contributed by atoms with van der Waals surface area (Å²) in [5.74, 6) is -3.42. The van der Waals surface area contributed by atoms with E-state index >= 15 is 0 Å². The molecule has 4 aliphatic rings. The standard InChI is InChI=1S/C26H18F3N3O5S2/c27-26(28,29)11-4-2-5-12(8-11)31-23(33)18-14-9-15(19(18)24(31)34)20-17(14)16(21-22(38-20)30-25(35)39-21)10-3-1-6-13(7-10)32(36)37/h1-8,14-20H,9H2,(H,30,35)/t14-,15-,16+,17-,18+,19-,20+/m1/s1. The first kappa shape index (κ1) is 24.6. The van der Waals surface area contributed by atoms with Gasteiger partial charge in [0.25, 0.3) is 5.69 Å². The summed E-state index contributed by atoms with van der Waals surface area (Å²) >= 11 is 2.51. The maximum atomic E-state index is 13.7. The average Bonchev–Trinajstić information content (AvgIpc) is 3.62. The maximum absolute atomic E-state index is 13.7. The zero-order chi connectivity index (χ0) is 27.4. The van der Waals surface area contributed by atoms with Crippen LogP contribution in [0.1, 0.15) is 28.3 Å². The number of benzene rings is 2. The van der Waals surface area contributed by atoms with Gasteiger partial charge >= 0.3 is 11.0 Å². The number of thiazole rings is 1. The molecule has 39 heavy (non-hydrogen) atoms. The Morgan fingerprint density at radius 2 is 1.72 bits per heavy atom. The molecule has 0 spiro atoms. The fourth-order valence-electron chi connectivity index (χ4n) is 7.30. The van der Waals surface area contributed by atoms with Crippen molar-refractivity contribution in [1.29, 1.82) is 0 Å². The van der Waals surface area contributed by atoms with E-state index in [-0.39, 0.29) is 39.3 Å². The Kier molecular flexibility index (Phi) is 5.22. The molecule has 2 bridgehead atoms. The molecule has 3 heterocycles. The molecule has 0 unspecified atom stereocenters. The lowest BCUT2D eigenvalue weighted by Crippen LogP contribution is -2.42. The number of fused-ring (bicyclic) bond motifs is 9. The zero-order valence-corrected chi connectivity index (χ0v) is 21.4. The van der Waals surface area contributed by atoms with Crippen LogP contribution in [0.4, 0.5) is 24.5 Å². The number of carbonyl (C=O) groups is 2. The number of amides is 2. The van der Waals surface area contributed by atoms with Crippen molar-refractivity contribution in [2.75, 3.05) is 4.90 Å². The Morgan fingerprint density at radius 1 is 1.00 bits per heavy atom. The number of hydrogen-bond acceptors (Lipinski definition) is 7. The number of halogens is 3. The molecule has 2 aromatic carbocycles. The molecule has 13 heteroatoms. The van der Waals surface area contributed by atoms with Gasteiger partial charge in [-0.1, -0.05) is 29.5 Å². The molecule has 2 amide bonds. The number of thioether (sulfide) groups is 1. The van der Waals surface area contributed by atoms with Gasteiger partial charge < -0.3 is 4.98 Å². The number of aromatic nitrogens is 1. The topological polar surface area (TPSA) is 113 Å². The molecule has 3 fully saturated rings. The van der Waals surface area contributed by atoms with Crippen LogP contribution in [0, 0.1) is 39.7 Å². The van der Waals surface area contributed by atoms with Gasteiger partial charge in [-0.15, -0.1) is 11.8 Å². The second-order valence-corrected chi connectivity index (χ2v) is 12.6. The number of alkyl halides is 3. The van der Waals surface area contributed by atoms with Crippen LogP contribution >= 0.6 is 23.1 Å². The Labute approximate surface area is 226 Å². The van der Waals surface area contributed by atoms with Crippen molar-refractivity contribution in [3.05, 3.63) is 84.3 Å². The molecule has 1 aromatic heterocycles. The smallest absolute Gasteiger partial charge is 0.307 e. The van der Waals surface area contributed by atoms with Gasteiger partial charge in [-0.05, 0) is 47.9 Å². The molecule has 7 rings (SSSR count). The van der Waals surface area contributed by atoms with E-state index in [9.17, 15) is 37.7 Å². The number of nitrogens with zero attached hydrogens (tertiary/aromatic N) is 2. The Hall–Kier alpha value is -3.45. The first-order valence-electron chi connectivity index (χ1n) is 12.2. The number of nitrogens with one attached hydrogen (secondary N) is 1. The van der Waals surface area contributed by atoms with E-state index in [0.29, 0.717) is 17.0 Å². The predicted molar refractivity (Wildman–Crippen MR) is 136 cm³/mol. The molecule has 1 N–H and O–H groups in total. The zero-order valence-electron chi connectivity index (χ0n) is 19.8. The van der Waals surface area contributed by atoms with Gasteiger partial charge in [0.05, 0.1) is 33.0 Å². The highest BCUT2D eigenvalue weighted by Crippen LogP contribution is 2.68. The van der Waals surface area contributed by atoms with Gasteiger partial charge in [-0.3, -0.25) is 29.4 Å². The summed E-state index contributed by atoms with van der Waals surface area (Å²) in [7, 11) is 0. The number of nitro groups is 1. The highest BCUT2D eigenvalue weighted by atomic mass is 32.2. The highest BCUT2D eigenvalue weighted by molar-refractivity contribution is 8.00. The average molecular weight is 574 g/mol. The number of anilines is 1. The molecule has 2 aliphatic heterocycles. The maximum Gasteiger partial charge on any atom is 0.416 e. The summed E-state index contributed by atoms with van der Waals surface area (Å²) in [6, 6.07) is 10.5. The summed E-state index contributed by atoms with van der Waals surface area (Å²) in [4.78, 5) is 55.0. The lowest BCUT2D eigenvalue weighted by Gasteiger charge is -2.42. The lowest BCUT2D eigenvalue weighted by atomic mass is 9.68. The number of carbonyl (C=O) groups excluding carboxylic acids is 2. The monoisotopic (exact) mass is 573 g/mol. The van der Waals surface area contributed by atoms with Gasteiger partial charge in [-0.25, -0.2) is 0 Å². The number of rotatable bonds is 3. The summed E-state index contributed by atoms with van der Waals surface area (Å²) in [5, 5.41) is 12.0. The van der Waals surface area contributed by atoms with Crippen LogP contribution in [0.15, 0.2) is 58.4 Å². The lowest BCUT2D eigenvalue weighted by molar-refractivity contribution is -0.384. The minimum Gasteiger partial charge on any atom is -0.307 e. The van der Waals surface area contributed by atoms with Crippen LogP contribution in [0.25, 0.3) is 0 Å². The first-order valence-corrected chi connectivity index (χ1v) is 13.9. The fraction of sp³-hybridized carbons (Fsp3) is 0.346. The molecule has 8 nitrogen and oxygen atoms in total. The van der Waals surface area contributed by atoms with Crippen LogP contribution in [-0.4, -0.2) is 27.0 Å². The van der Waals surface area contributed by atoms with Crippen LogP contribution in [0.2, 0.25) is 0 Å². The van der Waals surface area contributed by atoms with E-state index < -0.39 is 46.2 Å². The fourth-order valence-corrected chi connectivity index (χ4v) is 10.2. The molecule has 200 valence electrons. The predicted octanol–water partition coefficient (Wildman–Crippen LogP) is 5.04. The van der Waals surface area contributed by atoms with Gasteiger partial charge in [0.1, 0.15) is 0 Å². The molecule has 0 radical (unpaired) electrons. The minimum atomic E-state index is -4.62. The number of H-pyrrole nitrogens is 1. The van der Waals surface area contributed by atoms with Crippen molar-refractivity contribution in [3.63, 3.8) is 0 Å². The van der Waals surface area contributed by atoms with Crippen LogP contribution in [0.3, 0.4) is 0 Å². The van der Waals surface area contributed by atoms with Gasteiger partial charge in [0, 0.05) is 28.2 Å². The second-order valence-electron chi connectivity index (χ2n) is 10.4. The van der Waals surface area contributed by atoms with E-state index in [1.165, 1.54) is 36.0 Å². The summed E-state index contributed by atoms with van der Waals surface area (Å²) in [6.45, 7) is 0. The number of hydrogen-bond donors (Lipinski definition) is 1. The van der Waals surface area contributed by atoms with Gasteiger partial charge in [-0.2, -0.15) is 13.2 Å². The van der Waals surface area contributed by atoms with Gasteiger partial charge in [0.2, 0.25) is 11.8 Å². The van der Waals surface area contributed by atoms with Crippen LogP contribution < -0.4 is 9.77 Å². The summed E-state index contributed by atoms with van der Waals surface area (Å²) in [5.41, 5.74) is -0.464. The quantitative estimate of drug-likeness (QED) is 0.267. The third kappa shape index (κ3) is 3.48. The van der Waals surface area contributed by atoms with Crippen molar-refractivity contribution in [2.24, 2.45) is 29.6 Å². The van der Waals surface area contributed by atoms with E-state index in [1.54, 1.807) is 12.1 Å². The largest absolute Gasteiger partial charge is 0.416 e. The summed E-state index contributed by atoms with van der Waals surface area (Å²) < 4.78 is 40.1. The molecule has 2 aliphatic carbocycles. The van der Waals surface area contributed by atoms with E-state index in [1.807, 2.05) is 0 Å². The van der Waals surface area contributed by atoms with Crippen molar-refractivity contribution in [2.45, 2.75) is 28.8 Å². The third-order valence-electron chi connectivity index (χ3n) is 8.60. The van der Waals surface area contributed by atoms with Crippen molar-refractivity contribution >= 4 is 46.3 Å². The van der Waals surface area contributed by atoms with Crippen molar-refractivity contribution in [3.8, 4) is 0 Å². The number of nitro benzene ring substituents is 1. The molecular weight excluding hydrogens is 555 g/mol. The number of aromatic amines is 1. The molecule has 1 saturated heterocycles. The van der Waals surface area contributed by atoms with Crippen LogP contribution in [-0.2, 0) is 15.8 Å². The van der Waals surface area contributed by atoms with Crippen molar-refractivity contribution in [1.82, 2.24) is 4.98 Å². The van der Waals surface area contributed by atoms with E-state index in [0.717, 1.165) is 33.2 Å². The molecule has 3 aromatic rings. The minimum absolute atomic E-state index is 0.0874. The molecule has 7 atom stereocenters. The first-order chi connectivity index (χ1) is 18.5. The summed E-state index contributed by atoms with van der Waals surface area (Å²) in [6.07, 6.45) is -4.03. The highest BCUT2D eigenvalue weighted by Gasteiger charge is 2.69. The van der Waals surface area contributed by atoms with E-state index in [2.05, 4.69) is 4.98 Å². The molecule has 2 saturated carbocycles. The Bertz CT molecular complexity index is 1630.